The lowest BCUT2D eigenvalue weighted by molar-refractivity contribution is 0.308. The van der Waals surface area contributed by atoms with Gasteiger partial charge in [-0.1, -0.05) is 60.3 Å². The van der Waals surface area contributed by atoms with E-state index < -0.39 is 0 Å². The standard InChI is InChI=1S/C16H32/c1-6-12(2)8-7-9-13(3)14(4)10-16-11-15(16)5/h12-16H,6-11H2,1-5H3. The van der Waals surface area contributed by atoms with Crippen LogP contribution in [0.5, 0.6) is 0 Å². The van der Waals surface area contributed by atoms with Crippen molar-refractivity contribution in [3.63, 3.8) is 0 Å². The SMILES string of the molecule is CCC(C)CCCC(C)C(C)CC1CC1C. The Hall–Kier alpha value is 0. The van der Waals surface area contributed by atoms with Gasteiger partial charge in [-0.3, -0.25) is 0 Å². The Labute approximate surface area is 103 Å². The summed E-state index contributed by atoms with van der Waals surface area (Å²) in [5.41, 5.74) is 0. The molecule has 16 heavy (non-hydrogen) atoms. The van der Waals surface area contributed by atoms with E-state index in [0.29, 0.717) is 0 Å². The zero-order chi connectivity index (χ0) is 12.1. The van der Waals surface area contributed by atoms with Gasteiger partial charge in [-0.15, -0.1) is 0 Å². The van der Waals surface area contributed by atoms with Gasteiger partial charge in [0.2, 0.25) is 0 Å². The van der Waals surface area contributed by atoms with Crippen LogP contribution in [0.25, 0.3) is 0 Å². The van der Waals surface area contributed by atoms with E-state index in [-0.39, 0.29) is 0 Å². The average Bonchev–Trinajstić information content (AvgIpc) is 2.93. The quantitative estimate of drug-likeness (QED) is 0.509. The summed E-state index contributed by atoms with van der Waals surface area (Å²) >= 11 is 0. The number of hydrogen-bond donors (Lipinski definition) is 0. The van der Waals surface area contributed by atoms with Crippen LogP contribution >= 0.6 is 0 Å². The van der Waals surface area contributed by atoms with Crippen molar-refractivity contribution >= 4 is 0 Å². The molecule has 1 aliphatic rings. The fourth-order valence-corrected chi connectivity index (χ4v) is 2.71. The van der Waals surface area contributed by atoms with Crippen LogP contribution in [0.3, 0.4) is 0 Å². The molecule has 0 spiro atoms. The Bertz CT molecular complexity index is 184. The molecule has 5 atom stereocenters. The molecule has 1 saturated carbocycles. The first-order valence-corrected chi connectivity index (χ1v) is 7.54. The zero-order valence-electron chi connectivity index (χ0n) is 12.1. The maximum absolute atomic E-state index is 2.47. The van der Waals surface area contributed by atoms with Gasteiger partial charge in [0, 0.05) is 0 Å². The van der Waals surface area contributed by atoms with Crippen LogP contribution in [0, 0.1) is 29.6 Å². The predicted octanol–water partition coefficient (Wildman–Crippen LogP) is 5.52. The first-order valence-electron chi connectivity index (χ1n) is 7.54. The molecule has 0 aromatic heterocycles. The fourth-order valence-electron chi connectivity index (χ4n) is 2.71. The van der Waals surface area contributed by atoms with E-state index in [1.165, 1.54) is 38.5 Å². The number of rotatable bonds is 8. The van der Waals surface area contributed by atoms with Crippen LogP contribution < -0.4 is 0 Å². The van der Waals surface area contributed by atoms with Gasteiger partial charge in [0.05, 0.1) is 0 Å². The summed E-state index contributed by atoms with van der Waals surface area (Å²) in [5, 5.41) is 0. The van der Waals surface area contributed by atoms with Crippen LogP contribution in [0.1, 0.15) is 73.1 Å². The topological polar surface area (TPSA) is 0 Å². The van der Waals surface area contributed by atoms with E-state index in [1.54, 1.807) is 0 Å². The Balaban J connectivity index is 2.06. The normalized spacial score (nSPS) is 29.8. The van der Waals surface area contributed by atoms with Gasteiger partial charge in [-0.25, -0.2) is 0 Å². The molecule has 0 nitrogen and oxygen atoms in total. The molecule has 0 aromatic carbocycles. The highest BCUT2D eigenvalue weighted by atomic mass is 14.4. The Morgan fingerprint density at radius 2 is 1.69 bits per heavy atom. The van der Waals surface area contributed by atoms with Gasteiger partial charge in [-0.2, -0.15) is 0 Å². The van der Waals surface area contributed by atoms with Gasteiger partial charge in [0.15, 0.2) is 0 Å². The van der Waals surface area contributed by atoms with E-state index in [4.69, 9.17) is 0 Å². The smallest absolute Gasteiger partial charge is 0.0383 e. The van der Waals surface area contributed by atoms with Crippen molar-refractivity contribution in [1.82, 2.24) is 0 Å². The van der Waals surface area contributed by atoms with E-state index in [1.807, 2.05) is 0 Å². The van der Waals surface area contributed by atoms with Gasteiger partial charge in [0.25, 0.3) is 0 Å². The summed E-state index contributed by atoms with van der Waals surface area (Å²) in [6.45, 7) is 12.0. The molecule has 0 N–H and O–H groups in total. The van der Waals surface area contributed by atoms with E-state index in [9.17, 15) is 0 Å². The van der Waals surface area contributed by atoms with Gasteiger partial charge in [-0.05, 0) is 42.4 Å². The zero-order valence-corrected chi connectivity index (χ0v) is 12.1. The first kappa shape index (κ1) is 14.1. The summed E-state index contributed by atoms with van der Waals surface area (Å²) in [4.78, 5) is 0. The molecule has 0 aromatic rings. The van der Waals surface area contributed by atoms with Crippen LogP contribution in [-0.4, -0.2) is 0 Å². The monoisotopic (exact) mass is 224 g/mol. The third-order valence-corrected chi connectivity index (χ3v) is 4.98. The summed E-state index contributed by atoms with van der Waals surface area (Å²) in [5.74, 6) is 4.94. The minimum Gasteiger partial charge on any atom is -0.0651 e. The van der Waals surface area contributed by atoms with Crippen molar-refractivity contribution in [2.24, 2.45) is 29.6 Å². The summed E-state index contributed by atoms with van der Waals surface area (Å²) in [7, 11) is 0. The van der Waals surface area contributed by atoms with Crippen LogP contribution in [0.4, 0.5) is 0 Å². The van der Waals surface area contributed by atoms with Crippen molar-refractivity contribution in [3.05, 3.63) is 0 Å². The highest BCUT2D eigenvalue weighted by Gasteiger charge is 2.34. The van der Waals surface area contributed by atoms with Crippen LogP contribution in [0.2, 0.25) is 0 Å². The Morgan fingerprint density at radius 3 is 2.19 bits per heavy atom. The second-order valence-electron chi connectivity index (χ2n) is 6.61. The maximum atomic E-state index is 2.47. The van der Waals surface area contributed by atoms with Crippen molar-refractivity contribution < 1.29 is 0 Å². The highest BCUT2D eigenvalue weighted by Crippen LogP contribution is 2.44. The lowest BCUT2D eigenvalue weighted by Gasteiger charge is -2.20. The van der Waals surface area contributed by atoms with Crippen molar-refractivity contribution in [2.45, 2.75) is 73.1 Å². The highest BCUT2D eigenvalue weighted by molar-refractivity contribution is 4.84. The number of hydrogen-bond acceptors (Lipinski definition) is 0. The largest absolute Gasteiger partial charge is 0.0651 e. The molecular weight excluding hydrogens is 192 g/mol. The molecule has 0 radical (unpaired) electrons. The molecule has 0 saturated heterocycles. The average molecular weight is 224 g/mol. The Morgan fingerprint density at radius 1 is 1.06 bits per heavy atom. The lowest BCUT2D eigenvalue weighted by atomic mass is 9.86. The maximum Gasteiger partial charge on any atom is -0.0383 e. The van der Waals surface area contributed by atoms with Gasteiger partial charge >= 0.3 is 0 Å². The van der Waals surface area contributed by atoms with Gasteiger partial charge < -0.3 is 0 Å². The molecule has 0 heteroatoms. The molecular formula is C16H32. The molecule has 1 aliphatic carbocycles. The second kappa shape index (κ2) is 6.67. The second-order valence-corrected chi connectivity index (χ2v) is 6.61. The van der Waals surface area contributed by atoms with E-state index in [0.717, 1.165) is 29.6 Å². The van der Waals surface area contributed by atoms with Crippen LogP contribution in [-0.2, 0) is 0 Å². The Kier molecular flexibility index (Phi) is 5.86. The minimum absolute atomic E-state index is 0.936. The lowest BCUT2D eigenvalue weighted by Crippen LogP contribution is -2.09. The van der Waals surface area contributed by atoms with Gasteiger partial charge in [0.1, 0.15) is 0 Å². The fraction of sp³-hybridized carbons (Fsp3) is 1.00. The first-order chi connectivity index (χ1) is 7.54. The van der Waals surface area contributed by atoms with Crippen molar-refractivity contribution in [2.75, 3.05) is 0 Å². The molecule has 1 rings (SSSR count). The molecule has 1 fully saturated rings. The minimum atomic E-state index is 0.936. The predicted molar refractivity (Wildman–Crippen MR) is 73.5 cm³/mol. The molecule has 5 unspecified atom stereocenters. The third kappa shape index (κ3) is 4.89. The molecule has 0 bridgehead atoms. The molecule has 0 heterocycles. The van der Waals surface area contributed by atoms with E-state index in [2.05, 4.69) is 34.6 Å². The third-order valence-electron chi connectivity index (χ3n) is 4.98. The van der Waals surface area contributed by atoms with E-state index >= 15 is 0 Å². The van der Waals surface area contributed by atoms with Crippen LogP contribution in [0.15, 0.2) is 0 Å². The summed E-state index contributed by atoms with van der Waals surface area (Å²) in [6, 6.07) is 0. The molecule has 0 aliphatic heterocycles. The van der Waals surface area contributed by atoms with Crippen molar-refractivity contribution in [3.8, 4) is 0 Å². The summed E-state index contributed by atoms with van der Waals surface area (Å²) in [6.07, 6.45) is 8.68. The van der Waals surface area contributed by atoms with Crippen molar-refractivity contribution in [1.29, 1.82) is 0 Å². The summed E-state index contributed by atoms with van der Waals surface area (Å²) < 4.78 is 0. The molecule has 96 valence electrons. The molecule has 0 amide bonds.